The Morgan fingerprint density at radius 3 is 2.47 bits per heavy atom. The zero-order valence-electron chi connectivity index (χ0n) is 9.48. The maximum absolute atomic E-state index is 5.12. The number of benzene rings is 1. The van der Waals surface area contributed by atoms with Crippen LogP contribution in [0.2, 0.25) is 0 Å². The van der Waals surface area contributed by atoms with Crippen LogP contribution in [0.3, 0.4) is 0 Å². The Labute approximate surface area is 113 Å². The van der Waals surface area contributed by atoms with Crippen molar-refractivity contribution in [3.63, 3.8) is 0 Å². The number of ether oxygens (including phenoxy) is 1. The van der Waals surface area contributed by atoms with E-state index in [-0.39, 0.29) is 0 Å². The molecule has 3 nitrogen and oxygen atoms in total. The molecule has 5 heteroatoms. The monoisotopic (exact) mass is 310 g/mol. The Morgan fingerprint density at radius 1 is 1.18 bits per heavy atom. The molecule has 0 unspecified atom stereocenters. The highest BCUT2D eigenvalue weighted by molar-refractivity contribution is 9.10. The molecule has 0 atom stereocenters. The van der Waals surface area contributed by atoms with Crippen molar-refractivity contribution in [2.75, 3.05) is 7.11 Å². The normalized spacial score (nSPS) is 10.3. The fourth-order valence-electron chi connectivity index (χ4n) is 1.32. The molecular formula is C12H11BrN2OS. The number of halogens is 1. The molecule has 1 aromatic heterocycles. The average Bonchev–Trinajstić information content (AvgIpc) is 2.28. The van der Waals surface area contributed by atoms with Crippen molar-refractivity contribution in [2.24, 2.45) is 0 Å². The summed E-state index contributed by atoms with van der Waals surface area (Å²) in [6.45, 7) is 1.88. The van der Waals surface area contributed by atoms with Crippen LogP contribution in [0, 0.1) is 6.92 Å². The maximum Gasteiger partial charge on any atom is 0.127 e. The van der Waals surface area contributed by atoms with Gasteiger partial charge in [-0.05, 0) is 47.1 Å². The summed E-state index contributed by atoms with van der Waals surface area (Å²) in [7, 11) is 1.66. The topological polar surface area (TPSA) is 35.0 Å². The second-order valence-electron chi connectivity index (χ2n) is 3.35. The Morgan fingerprint density at radius 2 is 1.88 bits per heavy atom. The summed E-state index contributed by atoms with van der Waals surface area (Å²) >= 11 is 4.96. The summed E-state index contributed by atoms with van der Waals surface area (Å²) < 4.78 is 5.92. The van der Waals surface area contributed by atoms with E-state index >= 15 is 0 Å². The summed E-state index contributed by atoms with van der Waals surface area (Å²) in [4.78, 5) is 9.66. The molecule has 17 heavy (non-hydrogen) atoms. The first kappa shape index (κ1) is 12.4. The van der Waals surface area contributed by atoms with E-state index in [2.05, 4.69) is 25.9 Å². The minimum Gasteiger partial charge on any atom is -0.497 e. The summed E-state index contributed by atoms with van der Waals surface area (Å²) in [5, 5.41) is 0.926. The largest absolute Gasteiger partial charge is 0.497 e. The Balaban J connectivity index is 2.19. The second kappa shape index (κ2) is 5.51. The third kappa shape index (κ3) is 3.44. The molecular weight excluding hydrogens is 300 g/mol. The van der Waals surface area contributed by atoms with Gasteiger partial charge in [-0.3, -0.25) is 0 Å². The van der Waals surface area contributed by atoms with E-state index in [0.717, 1.165) is 26.1 Å². The molecule has 0 aliphatic heterocycles. The van der Waals surface area contributed by atoms with Crippen molar-refractivity contribution in [3.05, 3.63) is 40.8 Å². The van der Waals surface area contributed by atoms with Gasteiger partial charge in [0.15, 0.2) is 0 Å². The molecule has 0 saturated carbocycles. The van der Waals surface area contributed by atoms with E-state index in [4.69, 9.17) is 4.74 Å². The quantitative estimate of drug-likeness (QED) is 0.810. The molecule has 0 amide bonds. The molecule has 0 bridgehead atoms. The molecule has 1 aromatic carbocycles. The number of rotatable bonds is 3. The Bertz CT molecular complexity index is 496. The first-order valence-corrected chi connectivity index (χ1v) is 6.61. The SMILES string of the molecule is COc1ccc(Sc2cc(Br)nc(C)n2)cc1. The van der Waals surface area contributed by atoms with Crippen molar-refractivity contribution < 1.29 is 4.74 Å². The third-order valence-electron chi connectivity index (χ3n) is 2.07. The highest BCUT2D eigenvalue weighted by Gasteiger charge is 2.02. The Kier molecular flexibility index (Phi) is 4.02. The van der Waals surface area contributed by atoms with Gasteiger partial charge >= 0.3 is 0 Å². The smallest absolute Gasteiger partial charge is 0.127 e. The molecule has 2 aromatic rings. The zero-order valence-corrected chi connectivity index (χ0v) is 11.9. The van der Waals surface area contributed by atoms with E-state index in [1.54, 1.807) is 18.9 Å². The second-order valence-corrected chi connectivity index (χ2v) is 5.26. The lowest BCUT2D eigenvalue weighted by Crippen LogP contribution is -1.90. The molecule has 88 valence electrons. The summed E-state index contributed by atoms with van der Waals surface area (Å²) in [6, 6.07) is 9.79. The fraction of sp³-hybridized carbons (Fsp3) is 0.167. The van der Waals surface area contributed by atoms with Gasteiger partial charge in [-0.15, -0.1) is 0 Å². The predicted molar refractivity (Wildman–Crippen MR) is 71.6 cm³/mol. The molecule has 0 fully saturated rings. The van der Waals surface area contributed by atoms with Crippen LogP contribution in [0.1, 0.15) is 5.82 Å². The fourth-order valence-corrected chi connectivity index (χ4v) is 2.81. The van der Waals surface area contributed by atoms with Gasteiger partial charge in [0.1, 0.15) is 21.2 Å². The first-order chi connectivity index (χ1) is 8.17. The molecule has 0 saturated heterocycles. The van der Waals surface area contributed by atoms with Gasteiger partial charge in [-0.2, -0.15) is 0 Å². The van der Waals surface area contributed by atoms with E-state index < -0.39 is 0 Å². The number of methoxy groups -OCH3 is 1. The molecule has 2 rings (SSSR count). The van der Waals surface area contributed by atoms with Crippen molar-refractivity contribution in [1.82, 2.24) is 9.97 Å². The van der Waals surface area contributed by atoms with E-state index in [0.29, 0.717) is 0 Å². The number of aryl methyl sites for hydroxylation is 1. The van der Waals surface area contributed by atoms with Crippen LogP contribution >= 0.6 is 27.7 Å². The number of aromatic nitrogens is 2. The van der Waals surface area contributed by atoms with E-state index in [1.165, 1.54) is 0 Å². The maximum atomic E-state index is 5.12. The van der Waals surface area contributed by atoms with Gasteiger partial charge in [0.05, 0.1) is 7.11 Å². The van der Waals surface area contributed by atoms with Gasteiger partial charge < -0.3 is 4.74 Å². The van der Waals surface area contributed by atoms with Crippen LogP contribution in [-0.2, 0) is 0 Å². The van der Waals surface area contributed by atoms with Gasteiger partial charge in [0.25, 0.3) is 0 Å². The summed E-state index contributed by atoms with van der Waals surface area (Å²) in [6.07, 6.45) is 0. The van der Waals surface area contributed by atoms with Crippen LogP contribution in [0.25, 0.3) is 0 Å². The van der Waals surface area contributed by atoms with Crippen LogP contribution in [0.4, 0.5) is 0 Å². The molecule has 0 N–H and O–H groups in total. The summed E-state index contributed by atoms with van der Waals surface area (Å²) in [5.74, 6) is 1.62. The van der Waals surface area contributed by atoms with Crippen molar-refractivity contribution in [1.29, 1.82) is 0 Å². The summed E-state index contributed by atoms with van der Waals surface area (Å²) in [5.41, 5.74) is 0. The van der Waals surface area contributed by atoms with E-state index in [9.17, 15) is 0 Å². The lowest BCUT2D eigenvalue weighted by Gasteiger charge is -2.04. The number of hydrogen-bond donors (Lipinski definition) is 0. The standard InChI is InChI=1S/C12H11BrN2OS/c1-8-14-11(13)7-12(15-8)17-10-5-3-9(16-2)4-6-10/h3-7H,1-2H3. The molecule has 0 radical (unpaired) electrons. The zero-order chi connectivity index (χ0) is 12.3. The minimum atomic E-state index is 0.760. The van der Waals surface area contributed by atoms with Crippen molar-refractivity contribution >= 4 is 27.7 Å². The van der Waals surface area contributed by atoms with Gasteiger partial charge in [0.2, 0.25) is 0 Å². The molecule has 0 spiro atoms. The number of nitrogens with zero attached hydrogens (tertiary/aromatic N) is 2. The molecule has 1 heterocycles. The number of hydrogen-bond acceptors (Lipinski definition) is 4. The predicted octanol–water partition coefficient (Wildman–Crippen LogP) is 3.71. The minimum absolute atomic E-state index is 0.760. The van der Waals surface area contributed by atoms with Crippen LogP contribution < -0.4 is 4.74 Å². The average molecular weight is 311 g/mol. The lowest BCUT2D eigenvalue weighted by molar-refractivity contribution is 0.414. The Hall–Kier alpha value is -1.07. The molecule has 0 aliphatic carbocycles. The van der Waals surface area contributed by atoms with E-state index in [1.807, 2.05) is 37.3 Å². The van der Waals surface area contributed by atoms with Gasteiger partial charge in [0, 0.05) is 11.0 Å². The van der Waals surface area contributed by atoms with Gasteiger partial charge in [-0.25, -0.2) is 9.97 Å². The van der Waals surface area contributed by atoms with Crippen LogP contribution in [0.15, 0.2) is 44.9 Å². The first-order valence-electron chi connectivity index (χ1n) is 5.00. The molecule has 0 aliphatic rings. The highest BCUT2D eigenvalue weighted by atomic mass is 79.9. The van der Waals surface area contributed by atoms with Crippen LogP contribution in [-0.4, -0.2) is 17.1 Å². The third-order valence-corrected chi connectivity index (χ3v) is 3.40. The van der Waals surface area contributed by atoms with Gasteiger partial charge in [-0.1, -0.05) is 11.8 Å². The van der Waals surface area contributed by atoms with Crippen LogP contribution in [0.5, 0.6) is 5.75 Å². The van der Waals surface area contributed by atoms with Crippen molar-refractivity contribution in [3.8, 4) is 5.75 Å². The lowest BCUT2D eigenvalue weighted by atomic mass is 10.3. The van der Waals surface area contributed by atoms with Crippen molar-refractivity contribution in [2.45, 2.75) is 16.8 Å². The highest BCUT2D eigenvalue weighted by Crippen LogP contribution is 2.28.